The molecule has 0 atom stereocenters. The molecule has 17 heavy (non-hydrogen) atoms. The molecule has 88 valence electrons. The highest BCUT2D eigenvalue weighted by Crippen LogP contribution is 2.30. The van der Waals surface area contributed by atoms with Crippen molar-refractivity contribution < 1.29 is 14.3 Å². The van der Waals surface area contributed by atoms with Gasteiger partial charge in [0.25, 0.3) is 0 Å². The second kappa shape index (κ2) is 4.45. The van der Waals surface area contributed by atoms with E-state index in [2.05, 4.69) is 0 Å². The Hall–Kier alpha value is -2.03. The summed E-state index contributed by atoms with van der Waals surface area (Å²) >= 11 is 0. The van der Waals surface area contributed by atoms with E-state index in [1.165, 1.54) is 7.11 Å². The van der Waals surface area contributed by atoms with E-state index in [4.69, 9.17) is 9.47 Å². The molecule has 0 unspecified atom stereocenters. The summed E-state index contributed by atoms with van der Waals surface area (Å²) in [6.45, 7) is 1.97. The Morgan fingerprint density at radius 3 is 2.35 bits per heavy atom. The van der Waals surface area contributed by atoms with Gasteiger partial charge in [-0.2, -0.15) is 0 Å². The first kappa shape index (κ1) is 11.5. The smallest absolute Gasteiger partial charge is 0.338 e. The molecule has 0 spiro atoms. The number of fused-ring (bicyclic) bond motifs is 1. The van der Waals surface area contributed by atoms with Crippen LogP contribution >= 0.6 is 0 Å². The minimum absolute atomic E-state index is 0.348. The molecule has 0 saturated carbocycles. The molecule has 0 radical (unpaired) electrons. The van der Waals surface area contributed by atoms with Crippen molar-refractivity contribution in [1.82, 2.24) is 0 Å². The molecule has 0 aliphatic rings. The van der Waals surface area contributed by atoms with E-state index in [0.29, 0.717) is 11.3 Å². The first-order chi connectivity index (χ1) is 8.19. The third-order valence-corrected chi connectivity index (χ3v) is 2.89. The molecule has 3 heteroatoms. The van der Waals surface area contributed by atoms with Gasteiger partial charge in [-0.15, -0.1) is 0 Å². The number of hydrogen-bond donors (Lipinski definition) is 0. The van der Waals surface area contributed by atoms with E-state index in [1.807, 2.05) is 31.2 Å². The summed E-state index contributed by atoms with van der Waals surface area (Å²) in [5.74, 6) is 0.351. The highest BCUT2D eigenvalue weighted by atomic mass is 16.5. The van der Waals surface area contributed by atoms with Crippen LogP contribution in [0.2, 0.25) is 0 Å². The molecule has 3 nitrogen and oxygen atoms in total. The molecule has 0 fully saturated rings. The number of methoxy groups -OCH3 is 2. The molecule has 0 bridgehead atoms. The highest BCUT2D eigenvalue weighted by Gasteiger charge is 2.14. The monoisotopic (exact) mass is 230 g/mol. The maximum absolute atomic E-state index is 11.7. The number of aryl methyl sites for hydroxylation is 1. The second-order valence-electron chi connectivity index (χ2n) is 3.79. The lowest BCUT2D eigenvalue weighted by atomic mass is 9.99. The van der Waals surface area contributed by atoms with Crippen LogP contribution in [0.25, 0.3) is 10.8 Å². The molecule has 0 saturated heterocycles. The number of esters is 1. The van der Waals surface area contributed by atoms with E-state index >= 15 is 0 Å². The second-order valence-corrected chi connectivity index (χ2v) is 3.79. The summed E-state index contributed by atoms with van der Waals surface area (Å²) in [6, 6.07) is 9.45. The van der Waals surface area contributed by atoms with E-state index in [-0.39, 0.29) is 5.97 Å². The van der Waals surface area contributed by atoms with Crippen molar-refractivity contribution in [3.63, 3.8) is 0 Å². The topological polar surface area (TPSA) is 35.5 Å². The molecular formula is C14H14O3. The van der Waals surface area contributed by atoms with Crippen molar-refractivity contribution >= 4 is 16.7 Å². The first-order valence-corrected chi connectivity index (χ1v) is 5.33. The van der Waals surface area contributed by atoms with Crippen molar-refractivity contribution in [2.75, 3.05) is 14.2 Å². The third-order valence-electron chi connectivity index (χ3n) is 2.89. The Kier molecular flexibility index (Phi) is 3.00. The summed E-state index contributed by atoms with van der Waals surface area (Å²) in [7, 11) is 2.97. The summed E-state index contributed by atoms with van der Waals surface area (Å²) in [6.07, 6.45) is 0. The maximum atomic E-state index is 11.7. The SMILES string of the molecule is COC(=O)c1cc(OC)c(C)c2ccccc12. The molecule has 0 heterocycles. The third kappa shape index (κ3) is 1.84. The number of carbonyl (C=O) groups is 1. The Morgan fingerprint density at radius 2 is 1.76 bits per heavy atom. The first-order valence-electron chi connectivity index (χ1n) is 5.33. The van der Waals surface area contributed by atoms with Gasteiger partial charge in [0.15, 0.2) is 0 Å². The summed E-state index contributed by atoms with van der Waals surface area (Å²) < 4.78 is 10.1. The van der Waals surface area contributed by atoms with Crippen molar-refractivity contribution in [3.8, 4) is 5.75 Å². The van der Waals surface area contributed by atoms with E-state index in [0.717, 1.165) is 16.3 Å². The molecule has 0 aliphatic heterocycles. The van der Waals surface area contributed by atoms with Gasteiger partial charge in [-0.1, -0.05) is 24.3 Å². The van der Waals surface area contributed by atoms with Crippen LogP contribution in [-0.2, 0) is 4.74 Å². The Balaban J connectivity index is 2.83. The van der Waals surface area contributed by atoms with Crippen LogP contribution in [0.3, 0.4) is 0 Å². The minimum Gasteiger partial charge on any atom is -0.496 e. The fraction of sp³-hybridized carbons (Fsp3) is 0.214. The van der Waals surface area contributed by atoms with Crippen LogP contribution < -0.4 is 4.74 Å². The van der Waals surface area contributed by atoms with Gasteiger partial charge in [0.1, 0.15) is 5.75 Å². The number of rotatable bonds is 2. The van der Waals surface area contributed by atoms with Crippen LogP contribution in [-0.4, -0.2) is 20.2 Å². The van der Waals surface area contributed by atoms with E-state index in [1.54, 1.807) is 13.2 Å². The quantitative estimate of drug-likeness (QED) is 0.744. The van der Waals surface area contributed by atoms with Crippen LogP contribution in [0, 0.1) is 6.92 Å². The lowest BCUT2D eigenvalue weighted by Gasteiger charge is -2.11. The number of carbonyl (C=O) groups excluding carboxylic acids is 1. The van der Waals surface area contributed by atoms with Gasteiger partial charge in [-0.05, 0) is 29.3 Å². The largest absolute Gasteiger partial charge is 0.496 e. The van der Waals surface area contributed by atoms with Crippen LogP contribution in [0.1, 0.15) is 15.9 Å². The van der Waals surface area contributed by atoms with Gasteiger partial charge < -0.3 is 9.47 Å². The van der Waals surface area contributed by atoms with Gasteiger partial charge in [-0.3, -0.25) is 0 Å². The average Bonchev–Trinajstić information content (AvgIpc) is 2.38. The van der Waals surface area contributed by atoms with Crippen molar-refractivity contribution in [1.29, 1.82) is 0 Å². The van der Waals surface area contributed by atoms with Gasteiger partial charge in [0, 0.05) is 0 Å². The number of benzene rings is 2. The normalized spacial score (nSPS) is 10.3. The highest BCUT2D eigenvalue weighted by molar-refractivity contribution is 6.06. The van der Waals surface area contributed by atoms with E-state index < -0.39 is 0 Å². The van der Waals surface area contributed by atoms with Gasteiger partial charge >= 0.3 is 5.97 Å². The molecule has 2 aromatic carbocycles. The van der Waals surface area contributed by atoms with Gasteiger partial charge in [0.2, 0.25) is 0 Å². The zero-order chi connectivity index (χ0) is 12.4. The Morgan fingerprint density at radius 1 is 1.12 bits per heavy atom. The molecular weight excluding hydrogens is 216 g/mol. The minimum atomic E-state index is -0.348. The molecule has 0 aliphatic carbocycles. The zero-order valence-electron chi connectivity index (χ0n) is 10.1. The lowest BCUT2D eigenvalue weighted by Crippen LogP contribution is -2.03. The fourth-order valence-corrected chi connectivity index (χ4v) is 1.99. The predicted molar refractivity (Wildman–Crippen MR) is 66.6 cm³/mol. The summed E-state index contributed by atoms with van der Waals surface area (Å²) in [5.41, 5.74) is 1.56. The van der Waals surface area contributed by atoms with Gasteiger partial charge in [0.05, 0.1) is 19.8 Å². The van der Waals surface area contributed by atoms with E-state index in [9.17, 15) is 4.79 Å². The number of hydrogen-bond acceptors (Lipinski definition) is 3. The Labute approximate surface area is 100.0 Å². The van der Waals surface area contributed by atoms with Crippen LogP contribution in [0.4, 0.5) is 0 Å². The molecule has 0 aromatic heterocycles. The molecule has 2 aromatic rings. The van der Waals surface area contributed by atoms with Crippen LogP contribution in [0.5, 0.6) is 5.75 Å². The standard InChI is InChI=1S/C14H14O3/c1-9-10-6-4-5-7-11(10)12(14(15)17-3)8-13(9)16-2/h4-8H,1-3H3. The number of ether oxygens (including phenoxy) is 2. The maximum Gasteiger partial charge on any atom is 0.338 e. The average molecular weight is 230 g/mol. The molecule has 0 amide bonds. The van der Waals surface area contributed by atoms with Gasteiger partial charge in [-0.25, -0.2) is 4.79 Å². The Bertz CT molecular complexity index is 573. The molecule has 2 rings (SSSR count). The predicted octanol–water partition coefficient (Wildman–Crippen LogP) is 2.94. The van der Waals surface area contributed by atoms with Crippen molar-refractivity contribution in [2.24, 2.45) is 0 Å². The zero-order valence-corrected chi connectivity index (χ0v) is 10.1. The lowest BCUT2D eigenvalue weighted by molar-refractivity contribution is 0.0602. The van der Waals surface area contributed by atoms with Crippen molar-refractivity contribution in [2.45, 2.75) is 6.92 Å². The summed E-state index contributed by atoms with van der Waals surface area (Å²) in [5, 5.41) is 1.89. The fourth-order valence-electron chi connectivity index (χ4n) is 1.99. The van der Waals surface area contributed by atoms with Crippen molar-refractivity contribution in [3.05, 3.63) is 41.5 Å². The molecule has 0 N–H and O–H groups in total. The summed E-state index contributed by atoms with van der Waals surface area (Å²) in [4.78, 5) is 11.7. The van der Waals surface area contributed by atoms with Crippen LogP contribution in [0.15, 0.2) is 30.3 Å².